The van der Waals surface area contributed by atoms with Gasteiger partial charge in [0.25, 0.3) is 0 Å². The second-order valence-electron chi connectivity index (χ2n) is 6.87. The lowest BCUT2D eigenvalue weighted by molar-refractivity contribution is 0.302. The molecular weight excluding hydrogens is 586 g/mol. The van der Waals surface area contributed by atoms with E-state index in [1.54, 1.807) is 6.33 Å². The van der Waals surface area contributed by atoms with Crippen LogP contribution >= 0.6 is 47.8 Å². The second kappa shape index (κ2) is 9.82. The summed E-state index contributed by atoms with van der Waals surface area (Å²) in [5.74, 6) is 0.721. The van der Waals surface area contributed by atoms with Crippen molar-refractivity contribution in [2.75, 3.05) is 0 Å². The number of nitriles is 1. The molecule has 1 heterocycles. The van der Waals surface area contributed by atoms with Gasteiger partial charge >= 0.3 is 0 Å². The quantitative estimate of drug-likeness (QED) is 0.215. The normalized spacial score (nSPS) is 11.5. The van der Waals surface area contributed by atoms with Crippen LogP contribution in [0, 0.1) is 11.3 Å². The number of benzene rings is 3. The summed E-state index contributed by atoms with van der Waals surface area (Å²) in [6, 6.07) is 22.1. The Hall–Kier alpha value is -2.40. The molecule has 0 aliphatic carbocycles. The predicted octanol–water partition coefficient (Wildman–Crippen LogP) is 7.51. The Kier molecular flexibility index (Phi) is 6.91. The van der Waals surface area contributed by atoms with Crippen molar-refractivity contribution in [2.45, 2.75) is 13.2 Å². The highest BCUT2D eigenvalue weighted by Gasteiger charge is 2.10. The van der Waals surface area contributed by atoms with Gasteiger partial charge in [-0.1, -0.05) is 40.2 Å². The predicted molar refractivity (Wildman–Crippen MR) is 134 cm³/mol. The molecule has 0 bridgehead atoms. The van der Waals surface area contributed by atoms with Crippen LogP contribution in [0.4, 0.5) is 0 Å². The summed E-state index contributed by atoms with van der Waals surface area (Å²) in [4.78, 5) is 4.40. The Balaban J connectivity index is 1.54. The zero-order valence-corrected chi connectivity index (χ0v) is 21.0. The lowest BCUT2D eigenvalue weighted by Gasteiger charge is -2.12. The summed E-state index contributed by atoms with van der Waals surface area (Å²) in [6.45, 7) is 0.908. The zero-order valence-electron chi connectivity index (χ0n) is 16.2. The smallest absolute Gasteiger partial charge is 0.148 e. The van der Waals surface area contributed by atoms with Crippen molar-refractivity contribution in [1.29, 1.82) is 5.26 Å². The Bertz CT molecular complexity index is 1280. The maximum atomic E-state index is 9.68. The van der Waals surface area contributed by atoms with Crippen LogP contribution in [0.1, 0.15) is 11.1 Å². The molecule has 0 amide bonds. The van der Waals surface area contributed by atoms with E-state index in [-0.39, 0.29) is 0 Å². The molecular formula is C24H16Br3N3O. The highest BCUT2D eigenvalue weighted by Crippen LogP contribution is 2.36. The maximum absolute atomic E-state index is 9.68. The van der Waals surface area contributed by atoms with Gasteiger partial charge in [0.2, 0.25) is 0 Å². The number of nitrogens with zero attached hydrogens (tertiary/aromatic N) is 3. The van der Waals surface area contributed by atoms with Gasteiger partial charge in [0.1, 0.15) is 12.4 Å². The molecule has 0 radical (unpaired) electrons. The summed E-state index contributed by atoms with van der Waals surface area (Å²) in [7, 11) is 0. The highest BCUT2D eigenvalue weighted by atomic mass is 79.9. The van der Waals surface area contributed by atoms with Gasteiger partial charge < -0.3 is 9.30 Å². The van der Waals surface area contributed by atoms with Gasteiger partial charge in [-0.15, -0.1) is 0 Å². The van der Waals surface area contributed by atoms with E-state index >= 15 is 0 Å². The minimum absolute atomic E-state index is 0.452. The molecule has 0 aliphatic heterocycles. The van der Waals surface area contributed by atoms with Crippen molar-refractivity contribution in [3.63, 3.8) is 0 Å². The Morgan fingerprint density at radius 2 is 1.74 bits per heavy atom. The number of hydrogen-bond donors (Lipinski definition) is 0. The first-order valence-electron chi connectivity index (χ1n) is 9.40. The second-order valence-corrected chi connectivity index (χ2v) is 9.50. The molecule has 0 saturated carbocycles. The van der Waals surface area contributed by atoms with Crippen LogP contribution in [0.3, 0.4) is 0 Å². The molecule has 1 aromatic heterocycles. The molecule has 0 atom stereocenters. The number of halogens is 3. The summed E-state index contributed by atoms with van der Waals surface area (Å²) < 4.78 is 10.6. The van der Waals surface area contributed by atoms with Gasteiger partial charge in [-0.05, 0) is 85.5 Å². The van der Waals surface area contributed by atoms with Crippen LogP contribution in [0.2, 0.25) is 0 Å². The van der Waals surface area contributed by atoms with E-state index in [1.807, 2.05) is 71.3 Å². The van der Waals surface area contributed by atoms with Gasteiger partial charge in [-0.2, -0.15) is 5.26 Å². The van der Waals surface area contributed by atoms with Crippen molar-refractivity contribution in [3.8, 4) is 11.8 Å². The number of fused-ring (bicyclic) bond motifs is 1. The summed E-state index contributed by atoms with van der Waals surface area (Å²) in [5, 5.41) is 9.68. The van der Waals surface area contributed by atoms with E-state index in [0.717, 1.165) is 41.3 Å². The number of para-hydroxylation sites is 2. The molecule has 7 heteroatoms. The first kappa shape index (κ1) is 21.8. The monoisotopic (exact) mass is 599 g/mol. The Labute approximate surface area is 205 Å². The minimum atomic E-state index is 0.452. The summed E-state index contributed by atoms with van der Waals surface area (Å²) in [6.07, 6.45) is 3.64. The van der Waals surface area contributed by atoms with E-state index < -0.39 is 0 Å². The Morgan fingerprint density at radius 3 is 2.45 bits per heavy atom. The van der Waals surface area contributed by atoms with Crippen LogP contribution in [-0.2, 0) is 13.2 Å². The largest absolute Gasteiger partial charge is 0.487 e. The fourth-order valence-corrected chi connectivity index (χ4v) is 4.89. The van der Waals surface area contributed by atoms with E-state index in [0.29, 0.717) is 18.7 Å². The van der Waals surface area contributed by atoms with E-state index in [9.17, 15) is 5.26 Å². The summed E-state index contributed by atoms with van der Waals surface area (Å²) in [5.41, 5.74) is 4.52. The molecule has 0 fully saturated rings. The zero-order chi connectivity index (χ0) is 21.8. The van der Waals surface area contributed by atoms with Crippen LogP contribution in [-0.4, -0.2) is 9.55 Å². The average molecular weight is 602 g/mol. The van der Waals surface area contributed by atoms with Crippen molar-refractivity contribution >= 4 is 64.9 Å². The molecule has 154 valence electrons. The first-order chi connectivity index (χ1) is 15.0. The fourth-order valence-electron chi connectivity index (χ4n) is 3.17. The molecule has 4 rings (SSSR count). The minimum Gasteiger partial charge on any atom is -0.487 e. The first-order valence-corrected chi connectivity index (χ1v) is 11.8. The van der Waals surface area contributed by atoms with Crippen molar-refractivity contribution in [1.82, 2.24) is 9.55 Å². The molecule has 4 aromatic rings. The molecule has 0 aliphatic rings. The topological polar surface area (TPSA) is 50.8 Å². The Morgan fingerprint density at radius 1 is 1.03 bits per heavy atom. The van der Waals surface area contributed by atoms with Gasteiger partial charge in [-0.25, -0.2) is 4.98 Å². The summed E-state index contributed by atoms with van der Waals surface area (Å²) >= 11 is 10.6. The van der Waals surface area contributed by atoms with E-state index in [2.05, 4.69) is 58.8 Å². The van der Waals surface area contributed by atoms with E-state index in [4.69, 9.17) is 4.74 Å². The number of imidazole rings is 1. The molecule has 31 heavy (non-hydrogen) atoms. The average Bonchev–Trinajstić information content (AvgIpc) is 3.17. The number of allylic oxidation sites excluding steroid dienone is 1. The number of rotatable bonds is 6. The highest BCUT2D eigenvalue weighted by molar-refractivity contribution is 9.11. The lowest BCUT2D eigenvalue weighted by Crippen LogP contribution is -1.99. The fraction of sp³-hybridized carbons (Fsp3) is 0.0833. The van der Waals surface area contributed by atoms with Crippen LogP contribution in [0.15, 0.2) is 86.0 Å². The lowest BCUT2D eigenvalue weighted by atomic mass is 10.1. The van der Waals surface area contributed by atoms with Gasteiger partial charge in [0.15, 0.2) is 0 Å². The van der Waals surface area contributed by atoms with Gasteiger partial charge in [-0.3, -0.25) is 0 Å². The third-order valence-corrected chi connectivity index (χ3v) is 6.38. The molecule has 4 nitrogen and oxygen atoms in total. The van der Waals surface area contributed by atoms with Gasteiger partial charge in [0.05, 0.1) is 38.9 Å². The molecule has 0 spiro atoms. The number of ether oxygens (including phenoxy) is 1. The van der Waals surface area contributed by atoms with E-state index in [1.165, 1.54) is 0 Å². The third-order valence-electron chi connectivity index (χ3n) is 4.67. The molecule has 0 N–H and O–H groups in total. The molecule has 0 unspecified atom stereocenters. The van der Waals surface area contributed by atoms with Crippen molar-refractivity contribution in [2.24, 2.45) is 0 Å². The molecule has 0 saturated heterocycles. The number of aromatic nitrogens is 2. The molecule has 3 aromatic carbocycles. The van der Waals surface area contributed by atoms with Crippen molar-refractivity contribution < 1.29 is 4.74 Å². The maximum Gasteiger partial charge on any atom is 0.148 e. The SMILES string of the molecule is N#C/C(=C/c1cc(Br)c(OCc2ccc(Br)cc2)c(Br)c1)Cn1cnc2ccccc21. The van der Waals surface area contributed by atoms with Gasteiger partial charge in [0, 0.05) is 10.0 Å². The standard InChI is InChI=1S/C24H16Br3N3O/c25-19-7-5-16(6-8-19)14-31-24-20(26)10-17(11-21(24)27)9-18(12-28)13-30-15-29-22-3-1-2-4-23(22)30/h1-11,15H,13-14H2/b18-9-. The van der Waals surface area contributed by atoms with Crippen LogP contribution in [0.25, 0.3) is 17.1 Å². The third kappa shape index (κ3) is 5.27. The van der Waals surface area contributed by atoms with Crippen molar-refractivity contribution in [3.05, 3.63) is 97.1 Å². The van der Waals surface area contributed by atoms with Crippen LogP contribution in [0.5, 0.6) is 5.75 Å². The number of hydrogen-bond acceptors (Lipinski definition) is 3. The van der Waals surface area contributed by atoms with Crippen LogP contribution < -0.4 is 4.74 Å².